The van der Waals surface area contributed by atoms with E-state index in [0.29, 0.717) is 5.66 Å². The monoisotopic (exact) mass is 183 g/mol. The van der Waals surface area contributed by atoms with Crippen LogP contribution < -0.4 is 10.7 Å². The molecule has 74 valence electrons. The van der Waals surface area contributed by atoms with Gasteiger partial charge in [0.1, 0.15) is 0 Å². The van der Waals surface area contributed by atoms with E-state index in [1.54, 1.807) is 6.92 Å². The van der Waals surface area contributed by atoms with E-state index in [9.17, 15) is 4.79 Å². The van der Waals surface area contributed by atoms with Crippen molar-refractivity contribution in [3.05, 3.63) is 0 Å². The lowest BCUT2D eigenvalue weighted by Crippen LogP contribution is -2.28. The number of nitrogens with zero attached hydrogens (tertiary/aromatic N) is 1. The molecule has 1 saturated carbocycles. The van der Waals surface area contributed by atoms with Gasteiger partial charge in [0.05, 0.1) is 5.66 Å². The molecule has 1 aliphatic heterocycles. The molecule has 4 heteroatoms. The molecule has 1 unspecified atom stereocenters. The van der Waals surface area contributed by atoms with E-state index in [4.69, 9.17) is 0 Å². The van der Waals surface area contributed by atoms with Crippen LogP contribution in [0.5, 0.6) is 0 Å². The van der Waals surface area contributed by atoms with Gasteiger partial charge in [0, 0.05) is 20.0 Å². The van der Waals surface area contributed by atoms with E-state index >= 15 is 0 Å². The van der Waals surface area contributed by atoms with E-state index in [0.717, 1.165) is 13.1 Å². The van der Waals surface area contributed by atoms with E-state index < -0.39 is 0 Å². The second-order valence-electron chi connectivity index (χ2n) is 3.99. The summed E-state index contributed by atoms with van der Waals surface area (Å²) >= 11 is 0. The first-order valence-corrected chi connectivity index (χ1v) is 5.03. The van der Waals surface area contributed by atoms with Crippen LogP contribution in [0.1, 0.15) is 32.6 Å². The lowest BCUT2D eigenvalue weighted by molar-refractivity contribution is -0.118. The Kier molecular flexibility index (Phi) is 2.26. The predicted octanol–water partition coefficient (Wildman–Crippen LogP) is 0.213. The minimum atomic E-state index is 0.0577. The Morgan fingerprint density at radius 3 is 2.85 bits per heavy atom. The van der Waals surface area contributed by atoms with Gasteiger partial charge in [-0.05, 0) is 12.8 Å². The summed E-state index contributed by atoms with van der Waals surface area (Å²) in [6.07, 6.45) is 5.22. The van der Waals surface area contributed by atoms with Crippen LogP contribution in [-0.2, 0) is 4.79 Å². The number of nitrogens with one attached hydrogen (secondary N) is 2. The predicted molar refractivity (Wildman–Crippen MR) is 49.7 cm³/mol. The zero-order valence-electron chi connectivity index (χ0n) is 8.10. The van der Waals surface area contributed by atoms with Gasteiger partial charge in [-0.15, -0.1) is 0 Å². The highest BCUT2D eigenvalue weighted by atomic mass is 16.1. The standard InChI is InChI=1S/C9H17N3O/c1-8(13)10-6-7-12-9(11-12)4-2-3-5-9/h11H,2-7H2,1H3,(H,10,13). The number of hydrazine groups is 1. The van der Waals surface area contributed by atoms with E-state index in [2.05, 4.69) is 15.8 Å². The Morgan fingerprint density at radius 1 is 1.54 bits per heavy atom. The van der Waals surface area contributed by atoms with Crippen LogP contribution >= 0.6 is 0 Å². The molecule has 2 fully saturated rings. The molecule has 2 aliphatic rings. The average molecular weight is 183 g/mol. The third-order valence-corrected chi connectivity index (χ3v) is 2.95. The van der Waals surface area contributed by atoms with Gasteiger partial charge >= 0.3 is 0 Å². The van der Waals surface area contributed by atoms with Gasteiger partial charge in [0.25, 0.3) is 0 Å². The van der Waals surface area contributed by atoms with Crippen LogP contribution in [0.4, 0.5) is 0 Å². The molecule has 1 aliphatic carbocycles. The molecule has 1 heterocycles. The van der Waals surface area contributed by atoms with Crippen molar-refractivity contribution in [2.24, 2.45) is 0 Å². The first-order chi connectivity index (χ1) is 6.23. The Hall–Kier alpha value is -0.610. The van der Waals surface area contributed by atoms with Gasteiger partial charge in [-0.3, -0.25) is 4.79 Å². The summed E-state index contributed by atoms with van der Waals surface area (Å²) in [6, 6.07) is 0. The van der Waals surface area contributed by atoms with Gasteiger partial charge in [-0.2, -0.15) is 0 Å². The van der Waals surface area contributed by atoms with Crippen molar-refractivity contribution in [3.8, 4) is 0 Å². The Morgan fingerprint density at radius 2 is 2.23 bits per heavy atom. The maximum atomic E-state index is 10.6. The number of amides is 1. The normalized spacial score (nSPS) is 29.2. The number of carbonyl (C=O) groups is 1. The van der Waals surface area contributed by atoms with Gasteiger partial charge in [0.15, 0.2) is 0 Å². The molecule has 4 nitrogen and oxygen atoms in total. The minimum absolute atomic E-state index is 0.0577. The van der Waals surface area contributed by atoms with Gasteiger partial charge in [0.2, 0.25) is 5.91 Å². The molecule has 1 amide bonds. The molecule has 2 N–H and O–H groups in total. The van der Waals surface area contributed by atoms with Gasteiger partial charge < -0.3 is 5.32 Å². The lowest BCUT2D eigenvalue weighted by Gasteiger charge is -2.06. The molecule has 1 atom stereocenters. The number of hydrogen-bond acceptors (Lipinski definition) is 3. The number of rotatable bonds is 3. The molecule has 1 spiro atoms. The Labute approximate surface area is 78.6 Å². The lowest BCUT2D eigenvalue weighted by atomic mass is 10.2. The summed E-state index contributed by atoms with van der Waals surface area (Å²) in [5.41, 5.74) is 3.73. The first-order valence-electron chi connectivity index (χ1n) is 5.03. The first kappa shape index (κ1) is 8.97. The number of hydrogen-bond donors (Lipinski definition) is 2. The molecule has 0 bridgehead atoms. The fourth-order valence-electron chi connectivity index (χ4n) is 2.18. The average Bonchev–Trinajstić information content (AvgIpc) is 2.54. The fraction of sp³-hybridized carbons (Fsp3) is 0.889. The van der Waals surface area contributed by atoms with E-state index in [-0.39, 0.29) is 5.91 Å². The van der Waals surface area contributed by atoms with Crippen molar-refractivity contribution in [1.82, 2.24) is 15.8 Å². The zero-order valence-corrected chi connectivity index (χ0v) is 8.10. The van der Waals surface area contributed by atoms with Gasteiger partial charge in [-0.1, -0.05) is 12.8 Å². The van der Waals surface area contributed by atoms with Crippen LogP contribution in [0.2, 0.25) is 0 Å². The van der Waals surface area contributed by atoms with Crippen molar-refractivity contribution in [1.29, 1.82) is 0 Å². The molecule has 0 aromatic heterocycles. The molecule has 0 aromatic carbocycles. The zero-order chi connectivity index (χ0) is 9.31. The van der Waals surface area contributed by atoms with Crippen molar-refractivity contribution >= 4 is 5.91 Å². The van der Waals surface area contributed by atoms with Crippen molar-refractivity contribution in [2.75, 3.05) is 13.1 Å². The second kappa shape index (κ2) is 3.27. The van der Waals surface area contributed by atoms with Crippen molar-refractivity contribution < 1.29 is 4.79 Å². The Balaban J connectivity index is 1.66. The molecule has 0 aromatic rings. The quantitative estimate of drug-likeness (QED) is 0.615. The molecule has 13 heavy (non-hydrogen) atoms. The van der Waals surface area contributed by atoms with Gasteiger partial charge in [-0.25, -0.2) is 10.4 Å². The van der Waals surface area contributed by atoms with Crippen LogP contribution in [0.25, 0.3) is 0 Å². The summed E-state index contributed by atoms with van der Waals surface area (Å²) < 4.78 is 0. The van der Waals surface area contributed by atoms with Crippen LogP contribution in [0.15, 0.2) is 0 Å². The van der Waals surface area contributed by atoms with Crippen LogP contribution in [0.3, 0.4) is 0 Å². The summed E-state index contributed by atoms with van der Waals surface area (Å²) in [5.74, 6) is 0.0577. The molecular weight excluding hydrogens is 166 g/mol. The van der Waals surface area contributed by atoms with Crippen LogP contribution in [0, 0.1) is 0 Å². The SMILES string of the molecule is CC(=O)NCCN1NC12CCCC2. The largest absolute Gasteiger partial charge is 0.355 e. The summed E-state index contributed by atoms with van der Waals surface area (Å²) in [4.78, 5) is 10.6. The topological polar surface area (TPSA) is 54.0 Å². The maximum Gasteiger partial charge on any atom is 0.216 e. The highest BCUT2D eigenvalue weighted by Gasteiger charge is 2.52. The van der Waals surface area contributed by atoms with E-state index in [1.165, 1.54) is 25.7 Å². The van der Waals surface area contributed by atoms with Crippen molar-refractivity contribution in [2.45, 2.75) is 38.3 Å². The molecular formula is C9H17N3O. The summed E-state index contributed by atoms with van der Waals surface area (Å²) in [6.45, 7) is 3.24. The maximum absolute atomic E-state index is 10.6. The second-order valence-corrected chi connectivity index (χ2v) is 3.99. The molecule has 2 rings (SSSR count). The minimum Gasteiger partial charge on any atom is -0.355 e. The van der Waals surface area contributed by atoms with Crippen LogP contribution in [-0.4, -0.2) is 29.7 Å². The fourth-order valence-corrected chi connectivity index (χ4v) is 2.18. The smallest absolute Gasteiger partial charge is 0.216 e. The molecule has 0 radical (unpaired) electrons. The van der Waals surface area contributed by atoms with E-state index in [1.807, 2.05) is 0 Å². The molecule has 1 saturated heterocycles. The number of carbonyl (C=O) groups excluding carboxylic acids is 1. The van der Waals surface area contributed by atoms with Crippen molar-refractivity contribution in [3.63, 3.8) is 0 Å². The highest BCUT2D eigenvalue weighted by Crippen LogP contribution is 2.40. The summed E-state index contributed by atoms with van der Waals surface area (Å²) in [7, 11) is 0. The third-order valence-electron chi connectivity index (χ3n) is 2.95. The highest BCUT2D eigenvalue weighted by molar-refractivity contribution is 5.72. The third kappa shape index (κ3) is 1.84. The Bertz CT molecular complexity index is 211. The summed E-state index contributed by atoms with van der Waals surface area (Å²) in [5, 5.41) is 5.06.